The molecule has 0 amide bonds. The molecule has 1 aromatic heterocycles. The number of hydrogen-bond donors (Lipinski definition) is 1. The maximum absolute atomic E-state index is 5.48. The van der Waals surface area contributed by atoms with Crippen LogP contribution in [0.3, 0.4) is 0 Å². The molecule has 3 heterocycles. The Morgan fingerprint density at radius 3 is 3.00 bits per heavy atom. The summed E-state index contributed by atoms with van der Waals surface area (Å²) in [4.78, 5) is 4.51. The highest BCUT2D eigenvalue weighted by atomic mass is 32.2. The Morgan fingerprint density at radius 1 is 1.33 bits per heavy atom. The van der Waals surface area contributed by atoms with Gasteiger partial charge in [-0.05, 0) is 49.1 Å². The molecule has 1 saturated heterocycles. The Balaban J connectivity index is 1.65. The quantitative estimate of drug-likeness (QED) is 0.937. The number of ether oxygens (including phenoxy) is 2. The molecule has 2 aromatic rings. The van der Waals surface area contributed by atoms with E-state index < -0.39 is 0 Å². The molecule has 1 unspecified atom stereocenters. The van der Waals surface area contributed by atoms with Crippen LogP contribution < -0.4 is 14.8 Å². The molecule has 0 saturated carbocycles. The van der Waals surface area contributed by atoms with Gasteiger partial charge in [-0.25, -0.2) is 4.98 Å². The molecule has 1 fully saturated rings. The predicted octanol–water partition coefficient (Wildman–Crippen LogP) is 3.66. The van der Waals surface area contributed by atoms with Crippen LogP contribution in [-0.4, -0.2) is 28.8 Å². The third kappa shape index (κ3) is 2.39. The van der Waals surface area contributed by atoms with Crippen molar-refractivity contribution in [1.29, 1.82) is 0 Å². The maximum atomic E-state index is 5.48. The number of rotatable bonds is 3. The summed E-state index contributed by atoms with van der Waals surface area (Å²) in [5.74, 6) is 3.82. The van der Waals surface area contributed by atoms with E-state index in [2.05, 4.69) is 29.0 Å². The van der Waals surface area contributed by atoms with Crippen LogP contribution in [-0.2, 0) is 0 Å². The van der Waals surface area contributed by atoms with Gasteiger partial charge in [0.25, 0.3) is 0 Å². The van der Waals surface area contributed by atoms with Crippen molar-refractivity contribution in [2.24, 2.45) is 0 Å². The first-order chi connectivity index (χ1) is 10.2. The van der Waals surface area contributed by atoms with Crippen molar-refractivity contribution in [3.8, 4) is 11.5 Å². The van der Waals surface area contributed by atoms with Crippen molar-refractivity contribution < 1.29 is 9.47 Å². The van der Waals surface area contributed by atoms with Crippen molar-refractivity contribution in [3.05, 3.63) is 24.4 Å². The van der Waals surface area contributed by atoms with Crippen molar-refractivity contribution >= 4 is 28.4 Å². The Hall–Kier alpha value is -1.62. The number of fused-ring (bicyclic) bond motifs is 2. The van der Waals surface area contributed by atoms with E-state index in [9.17, 15) is 0 Å². The van der Waals surface area contributed by atoms with Crippen LogP contribution in [0.5, 0.6) is 11.5 Å². The number of nitrogens with zero attached hydrogens (tertiary/aromatic N) is 1. The monoisotopic (exact) mass is 302 g/mol. The summed E-state index contributed by atoms with van der Waals surface area (Å²) < 4.78 is 11.2. The molecule has 1 aromatic carbocycles. The van der Waals surface area contributed by atoms with Gasteiger partial charge < -0.3 is 14.8 Å². The highest BCUT2D eigenvalue weighted by molar-refractivity contribution is 8.00. The van der Waals surface area contributed by atoms with Gasteiger partial charge in [-0.2, -0.15) is 11.8 Å². The van der Waals surface area contributed by atoms with Crippen LogP contribution in [0.1, 0.15) is 19.8 Å². The lowest BCUT2D eigenvalue weighted by Crippen LogP contribution is -2.27. The summed E-state index contributed by atoms with van der Waals surface area (Å²) in [5.41, 5.74) is 0. The highest BCUT2D eigenvalue weighted by Gasteiger charge is 2.29. The molecule has 1 N–H and O–H groups in total. The van der Waals surface area contributed by atoms with Crippen LogP contribution in [0.25, 0.3) is 10.8 Å². The SMILES string of the molecule is CC1(CNc2nccc3cc4c(cc23)OCO4)CCCS1. The number of anilines is 1. The largest absolute Gasteiger partial charge is 0.454 e. The van der Waals surface area contributed by atoms with Crippen molar-refractivity contribution in [3.63, 3.8) is 0 Å². The summed E-state index contributed by atoms with van der Waals surface area (Å²) in [5, 5.41) is 5.75. The molecule has 4 rings (SSSR count). The summed E-state index contributed by atoms with van der Waals surface area (Å²) in [6, 6.07) is 6.06. The average molecular weight is 302 g/mol. The molecule has 4 nitrogen and oxygen atoms in total. The van der Waals surface area contributed by atoms with Crippen LogP contribution >= 0.6 is 11.8 Å². The summed E-state index contributed by atoms with van der Waals surface area (Å²) >= 11 is 2.05. The second-order valence-electron chi connectivity index (χ2n) is 5.84. The fourth-order valence-electron chi connectivity index (χ4n) is 2.95. The Morgan fingerprint density at radius 2 is 2.19 bits per heavy atom. The van der Waals surface area contributed by atoms with Gasteiger partial charge in [0.1, 0.15) is 5.82 Å². The number of hydrogen-bond acceptors (Lipinski definition) is 5. The Labute approximate surface area is 128 Å². The minimum atomic E-state index is 0.302. The molecule has 5 heteroatoms. The van der Waals surface area contributed by atoms with Gasteiger partial charge in [0.05, 0.1) is 0 Å². The molecule has 1 atom stereocenters. The second-order valence-corrected chi connectivity index (χ2v) is 7.52. The zero-order valence-corrected chi connectivity index (χ0v) is 12.8. The lowest BCUT2D eigenvalue weighted by molar-refractivity contribution is 0.174. The molecule has 0 spiro atoms. The van der Waals surface area contributed by atoms with Gasteiger partial charge in [0.15, 0.2) is 11.5 Å². The first-order valence-corrected chi connectivity index (χ1v) is 8.28. The lowest BCUT2D eigenvalue weighted by Gasteiger charge is -2.23. The van der Waals surface area contributed by atoms with E-state index in [4.69, 9.17) is 9.47 Å². The molecular weight excluding hydrogens is 284 g/mol. The van der Waals surface area contributed by atoms with E-state index in [0.29, 0.717) is 11.5 Å². The minimum absolute atomic E-state index is 0.302. The second kappa shape index (κ2) is 4.98. The number of benzene rings is 1. The molecule has 21 heavy (non-hydrogen) atoms. The fourth-order valence-corrected chi connectivity index (χ4v) is 4.19. The van der Waals surface area contributed by atoms with E-state index in [0.717, 1.165) is 34.6 Å². The molecule has 0 bridgehead atoms. The number of aromatic nitrogens is 1. The third-order valence-corrected chi connectivity index (χ3v) is 5.73. The van der Waals surface area contributed by atoms with Gasteiger partial charge in [-0.1, -0.05) is 0 Å². The van der Waals surface area contributed by atoms with Crippen LogP contribution in [0.15, 0.2) is 24.4 Å². The van der Waals surface area contributed by atoms with E-state index >= 15 is 0 Å². The Kier molecular flexibility index (Phi) is 3.10. The van der Waals surface area contributed by atoms with E-state index in [1.165, 1.54) is 18.6 Å². The summed E-state index contributed by atoms with van der Waals surface area (Å²) in [7, 11) is 0. The summed E-state index contributed by atoms with van der Waals surface area (Å²) in [6.07, 6.45) is 4.42. The molecule has 110 valence electrons. The average Bonchev–Trinajstić information content (AvgIpc) is 3.11. The van der Waals surface area contributed by atoms with Crippen molar-refractivity contribution in [2.75, 3.05) is 24.4 Å². The smallest absolute Gasteiger partial charge is 0.231 e. The lowest BCUT2D eigenvalue weighted by atomic mass is 10.1. The van der Waals surface area contributed by atoms with Gasteiger partial charge in [-0.15, -0.1) is 0 Å². The van der Waals surface area contributed by atoms with Gasteiger partial charge in [-0.3, -0.25) is 0 Å². The van der Waals surface area contributed by atoms with Gasteiger partial charge in [0.2, 0.25) is 6.79 Å². The fraction of sp³-hybridized carbons (Fsp3) is 0.438. The van der Waals surface area contributed by atoms with E-state index in [1.807, 2.05) is 24.4 Å². The van der Waals surface area contributed by atoms with Crippen LogP contribution in [0.4, 0.5) is 5.82 Å². The normalized spacial score (nSPS) is 23.7. The molecular formula is C16H18N2O2S. The molecule has 0 radical (unpaired) electrons. The molecule has 2 aliphatic heterocycles. The number of nitrogens with one attached hydrogen (secondary N) is 1. The predicted molar refractivity (Wildman–Crippen MR) is 86.5 cm³/mol. The van der Waals surface area contributed by atoms with Gasteiger partial charge >= 0.3 is 0 Å². The van der Waals surface area contributed by atoms with Gasteiger partial charge in [0, 0.05) is 22.9 Å². The van der Waals surface area contributed by atoms with Crippen molar-refractivity contribution in [1.82, 2.24) is 4.98 Å². The number of thioether (sulfide) groups is 1. The first-order valence-electron chi connectivity index (χ1n) is 7.30. The Bertz CT molecular complexity index is 683. The molecule has 0 aliphatic carbocycles. The standard InChI is InChI=1S/C16H18N2O2S/c1-16(4-2-6-21-16)9-18-15-12-8-14-13(19-10-20-14)7-11(12)3-5-17-15/h3,5,7-8H,2,4,6,9-10H2,1H3,(H,17,18). The van der Waals surface area contributed by atoms with E-state index in [-0.39, 0.29) is 0 Å². The minimum Gasteiger partial charge on any atom is -0.454 e. The topological polar surface area (TPSA) is 43.4 Å². The maximum Gasteiger partial charge on any atom is 0.231 e. The third-order valence-electron chi connectivity index (χ3n) is 4.19. The zero-order chi connectivity index (χ0) is 14.3. The van der Waals surface area contributed by atoms with Crippen LogP contribution in [0, 0.1) is 0 Å². The number of pyridine rings is 1. The van der Waals surface area contributed by atoms with E-state index in [1.54, 1.807) is 0 Å². The highest BCUT2D eigenvalue weighted by Crippen LogP contribution is 2.40. The summed E-state index contributed by atoms with van der Waals surface area (Å²) in [6.45, 7) is 3.58. The van der Waals surface area contributed by atoms with Crippen molar-refractivity contribution in [2.45, 2.75) is 24.5 Å². The first kappa shape index (κ1) is 13.1. The molecule has 2 aliphatic rings. The zero-order valence-electron chi connectivity index (χ0n) is 12.0. The van der Waals surface area contributed by atoms with Crippen LogP contribution in [0.2, 0.25) is 0 Å².